The number of nitrogens with one attached hydrogen (secondary N) is 2. The molecule has 3 heterocycles. The topological polar surface area (TPSA) is 122 Å². The first kappa shape index (κ1) is 26.0. The average molecular weight is 549 g/mol. The Bertz CT molecular complexity index is 1690. The number of carbonyl (C=O) groups is 2. The number of imidazole rings is 1. The Kier molecular flexibility index (Phi) is 6.80. The molecular weight excluding hydrogens is 520 g/mol. The van der Waals surface area contributed by atoms with E-state index in [-0.39, 0.29) is 17.5 Å². The molecule has 4 aromatic rings. The third-order valence-electron chi connectivity index (χ3n) is 7.45. The molecule has 10 heteroatoms. The second-order valence-electron chi connectivity index (χ2n) is 10.2. The highest BCUT2D eigenvalue weighted by molar-refractivity contribution is 6.37. The van der Waals surface area contributed by atoms with Crippen molar-refractivity contribution in [3.63, 3.8) is 0 Å². The van der Waals surface area contributed by atoms with Crippen LogP contribution in [0, 0.1) is 10.1 Å². The molecule has 0 spiro atoms. The van der Waals surface area contributed by atoms with Crippen molar-refractivity contribution in [2.75, 3.05) is 23.7 Å². The van der Waals surface area contributed by atoms with Crippen LogP contribution in [0.5, 0.6) is 0 Å². The monoisotopic (exact) mass is 548 g/mol. The number of fused-ring (bicyclic) bond motifs is 1. The molecule has 41 heavy (non-hydrogen) atoms. The quantitative estimate of drug-likeness (QED) is 0.180. The number of aryl methyl sites for hydroxylation is 1. The minimum absolute atomic E-state index is 0.0939. The molecule has 0 saturated carbocycles. The standard InChI is InChI=1S/C31H28N6O4/c1-35-18-27(32-19-35)21-8-10-23(11-9-21)33-30(29-25-17-24(37(40)41)12-13-26(25)34-31(29)39)22-6-4-20(5-7-22)14-16-36-15-2-3-28(36)38/h4-13,17-19,33H,2-3,14-16H2,1H3,(H,34,39). The van der Waals surface area contributed by atoms with Crippen LogP contribution in [-0.4, -0.2) is 44.3 Å². The van der Waals surface area contributed by atoms with Crippen LogP contribution in [-0.2, 0) is 23.1 Å². The lowest BCUT2D eigenvalue weighted by Crippen LogP contribution is -2.26. The molecule has 0 radical (unpaired) electrons. The molecule has 6 rings (SSSR count). The SMILES string of the molecule is Cn1cnc(-c2ccc(NC(=C3C(=O)Nc4ccc([N+](=O)[O-])cc43)c3ccc(CCN4CCCC4=O)cc3)cc2)c1. The van der Waals surface area contributed by atoms with E-state index in [1.165, 1.54) is 12.1 Å². The predicted octanol–water partition coefficient (Wildman–Crippen LogP) is 5.09. The van der Waals surface area contributed by atoms with Gasteiger partial charge in [0.1, 0.15) is 0 Å². The molecule has 0 unspecified atom stereocenters. The fraction of sp³-hybridized carbons (Fsp3) is 0.194. The van der Waals surface area contributed by atoms with Gasteiger partial charge in [0.25, 0.3) is 11.6 Å². The van der Waals surface area contributed by atoms with E-state index in [4.69, 9.17) is 0 Å². The molecule has 3 aromatic carbocycles. The lowest BCUT2D eigenvalue weighted by atomic mass is 9.98. The van der Waals surface area contributed by atoms with Gasteiger partial charge in [-0.1, -0.05) is 36.4 Å². The summed E-state index contributed by atoms with van der Waals surface area (Å²) in [7, 11) is 1.91. The van der Waals surface area contributed by atoms with Crippen LogP contribution in [0.25, 0.3) is 22.5 Å². The summed E-state index contributed by atoms with van der Waals surface area (Å²) in [6.45, 7) is 1.48. The van der Waals surface area contributed by atoms with Crippen molar-refractivity contribution in [3.8, 4) is 11.3 Å². The Labute approximate surface area is 236 Å². The van der Waals surface area contributed by atoms with Crippen LogP contribution in [0.1, 0.15) is 29.5 Å². The third-order valence-corrected chi connectivity index (χ3v) is 7.45. The average Bonchev–Trinajstić information content (AvgIpc) is 3.68. The second kappa shape index (κ2) is 10.7. The first-order valence-electron chi connectivity index (χ1n) is 13.4. The largest absolute Gasteiger partial charge is 0.354 e. The molecule has 1 aromatic heterocycles. The van der Waals surface area contributed by atoms with Crippen molar-refractivity contribution in [2.24, 2.45) is 7.05 Å². The van der Waals surface area contributed by atoms with Gasteiger partial charge in [0.05, 0.1) is 28.2 Å². The van der Waals surface area contributed by atoms with Gasteiger partial charge in [0, 0.05) is 67.4 Å². The summed E-state index contributed by atoms with van der Waals surface area (Å²) in [6, 6.07) is 19.9. The van der Waals surface area contributed by atoms with Crippen molar-refractivity contribution in [1.29, 1.82) is 0 Å². The zero-order valence-corrected chi connectivity index (χ0v) is 22.5. The van der Waals surface area contributed by atoms with E-state index >= 15 is 0 Å². The molecular formula is C31H28N6O4. The molecule has 2 amide bonds. The second-order valence-corrected chi connectivity index (χ2v) is 10.2. The van der Waals surface area contributed by atoms with Crippen LogP contribution in [0.2, 0.25) is 0 Å². The highest BCUT2D eigenvalue weighted by atomic mass is 16.6. The number of benzene rings is 3. The number of amides is 2. The number of likely N-dealkylation sites (tertiary alicyclic amines) is 1. The number of nitrogens with zero attached hydrogens (tertiary/aromatic N) is 4. The summed E-state index contributed by atoms with van der Waals surface area (Å²) in [5.74, 6) is -0.142. The smallest absolute Gasteiger partial charge is 0.270 e. The number of anilines is 2. The lowest BCUT2D eigenvalue weighted by Gasteiger charge is -2.17. The van der Waals surface area contributed by atoms with Crippen LogP contribution in [0.4, 0.5) is 17.1 Å². The van der Waals surface area contributed by atoms with E-state index in [1.807, 2.05) is 71.2 Å². The summed E-state index contributed by atoms with van der Waals surface area (Å²) in [5, 5.41) is 17.8. The van der Waals surface area contributed by atoms with E-state index < -0.39 is 4.92 Å². The Hall–Kier alpha value is -5.25. The first-order valence-corrected chi connectivity index (χ1v) is 13.4. The Morgan fingerprint density at radius 3 is 2.51 bits per heavy atom. The van der Waals surface area contributed by atoms with Crippen LogP contribution < -0.4 is 10.6 Å². The normalized spacial score (nSPS) is 15.6. The molecule has 2 aliphatic heterocycles. The van der Waals surface area contributed by atoms with Crippen molar-refractivity contribution in [2.45, 2.75) is 19.3 Å². The summed E-state index contributed by atoms with van der Waals surface area (Å²) in [6.07, 6.45) is 5.93. The fourth-order valence-corrected chi connectivity index (χ4v) is 5.27. The number of aromatic nitrogens is 2. The van der Waals surface area contributed by atoms with Gasteiger partial charge in [-0.15, -0.1) is 0 Å². The summed E-state index contributed by atoms with van der Waals surface area (Å²) >= 11 is 0. The van der Waals surface area contributed by atoms with Gasteiger partial charge in [0.2, 0.25) is 5.91 Å². The number of hydrogen-bond donors (Lipinski definition) is 2. The van der Waals surface area contributed by atoms with Gasteiger partial charge < -0.3 is 20.1 Å². The predicted molar refractivity (Wildman–Crippen MR) is 157 cm³/mol. The van der Waals surface area contributed by atoms with E-state index in [9.17, 15) is 19.7 Å². The lowest BCUT2D eigenvalue weighted by molar-refractivity contribution is -0.384. The summed E-state index contributed by atoms with van der Waals surface area (Å²) < 4.78 is 1.88. The van der Waals surface area contributed by atoms with Gasteiger partial charge in [-0.05, 0) is 42.2 Å². The van der Waals surface area contributed by atoms with Crippen molar-refractivity contribution in [3.05, 3.63) is 106 Å². The number of carbonyl (C=O) groups excluding carboxylic acids is 2. The summed E-state index contributed by atoms with van der Waals surface area (Å²) in [5.41, 5.74) is 6.13. The van der Waals surface area contributed by atoms with Gasteiger partial charge in [-0.25, -0.2) is 4.98 Å². The van der Waals surface area contributed by atoms with Crippen molar-refractivity contribution >= 4 is 40.1 Å². The van der Waals surface area contributed by atoms with E-state index in [0.29, 0.717) is 35.5 Å². The number of hydrogen-bond acceptors (Lipinski definition) is 6. The molecule has 0 aliphatic carbocycles. The first-order chi connectivity index (χ1) is 19.9. The van der Waals surface area contributed by atoms with E-state index in [1.54, 1.807) is 12.4 Å². The Balaban J connectivity index is 1.36. The molecule has 206 valence electrons. The summed E-state index contributed by atoms with van der Waals surface area (Å²) in [4.78, 5) is 42.6. The zero-order chi connectivity index (χ0) is 28.5. The van der Waals surface area contributed by atoms with Crippen LogP contribution in [0.3, 0.4) is 0 Å². The number of nitro groups is 1. The highest BCUT2D eigenvalue weighted by Crippen LogP contribution is 2.39. The van der Waals surface area contributed by atoms with E-state index in [2.05, 4.69) is 15.6 Å². The Morgan fingerprint density at radius 1 is 1.07 bits per heavy atom. The maximum Gasteiger partial charge on any atom is 0.270 e. The molecule has 1 fully saturated rings. The Morgan fingerprint density at radius 2 is 1.85 bits per heavy atom. The molecule has 2 N–H and O–H groups in total. The van der Waals surface area contributed by atoms with Gasteiger partial charge >= 0.3 is 0 Å². The molecule has 10 nitrogen and oxygen atoms in total. The maximum atomic E-state index is 13.3. The highest BCUT2D eigenvalue weighted by Gasteiger charge is 2.30. The molecule has 1 saturated heterocycles. The third kappa shape index (κ3) is 5.31. The van der Waals surface area contributed by atoms with Crippen LogP contribution in [0.15, 0.2) is 79.3 Å². The van der Waals surface area contributed by atoms with Crippen LogP contribution >= 0.6 is 0 Å². The maximum absolute atomic E-state index is 13.3. The van der Waals surface area contributed by atoms with Gasteiger partial charge in [-0.2, -0.15) is 0 Å². The minimum Gasteiger partial charge on any atom is -0.354 e. The minimum atomic E-state index is -0.468. The van der Waals surface area contributed by atoms with Crippen molar-refractivity contribution < 1.29 is 14.5 Å². The number of non-ortho nitro benzene ring substituents is 1. The van der Waals surface area contributed by atoms with E-state index in [0.717, 1.165) is 47.5 Å². The zero-order valence-electron chi connectivity index (χ0n) is 22.5. The van der Waals surface area contributed by atoms with Gasteiger partial charge in [0.15, 0.2) is 0 Å². The fourth-order valence-electron chi connectivity index (χ4n) is 5.27. The number of rotatable bonds is 8. The van der Waals surface area contributed by atoms with Crippen molar-refractivity contribution in [1.82, 2.24) is 14.5 Å². The molecule has 0 bridgehead atoms. The molecule has 2 aliphatic rings. The molecule has 0 atom stereocenters. The number of nitro benzene ring substituents is 1. The van der Waals surface area contributed by atoms with Gasteiger partial charge in [-0.3, -0.25) is 19.7 Å².